The molecule has 3 rings (SSSR count). The maximum Gasteiger partial charge on any atom is 0.250 e. The van der Waals surface area contributed by atoms with Crippen molar-refractivity contribution in [2.24, 2.45) is 5.10 Å². The molecule has 1 amide bonds. The molecular weight excluding hydrogens is 349 g/mol. The van der Waals surface area contributed by atoms with Crippen molar-refractivity contribution in [1.29, 1.82) is 0 Å². The third-order valence-electron chi connectivity index (χ3n) is 3.80. The number of halogens is 1. The van der Waals surface area contributed by atoms with Crippen molar-refractivity contribution >= 4 is 34.8 Å². The summed E-state index contributed by atoms with van der Waals surface area (Å²) in [5.41, 5.74) is 5.95. The summed E-state index contributed by atoms with van der Waals surface area (Å²) in [6, 6.07) is 14.3. The van der Waals surface area contributed by atoms with Gasteiger partial charge in [-0.2, -0.15) is 5.10 Å². The smallest absolute Gasteiger partial charge is 0.250 e. The Balaban J connectivity index is 1.60. The second-order valence-corrected chi connectivity index (χ2v) is 6.90. The molecule has 1 aromatic heterocycles. The minimum atomic E-state index is -0.383. The van der Waals surface area contributed by atoms with E-state index < -0.39 is 0 Å². The van der Waals surface area contributed by atoms with E-state index in [1.54, 1.807) is 18.2 Å². The topological polar surface area (TPSA) is 54.4 Å². The van der Waals surface area contributed by atoms with E-state index in [0.29, 0.717) is 5.56 Å². The Morgan fingerprint density at radius 2 is 2.04 bits per heavy atom. The largest absolute Gasteiger partial charge is 0.272 e. The van der Waals surface area contributed by atoms with Gasteiger partial charge in [0.1, 0.15) is 5.82 Å². The quantitative estimate of drug-likeness (QED) is 0.417. The number of benzene rings is 2. The fourth-order valence-corrected chi connectivity index (χ4v) is 3.24. The lowest BCUT2D eigenvalue weighted by molar-refractivity contribution is -0.118. The normalized spacial score (nSPS) is 11.2. The van der Waals surface area contributed by atoms with E-state index in [-0.39, 0.29) is 17.5 Å². The summed E-state index contributed by atoms with van der Waals surface area (Å²) >= 11 is 1.34. The van der Waals surface area contributed by atoms with Gasteiger partial charge in [-0.05, 0) is 43.7 Å². The molecule has 26 heavy (non-hydrogen) atoms. The number of rotatable bonds is 5. The Labute approximate surface area is 155 Å². The van der Waals surface area contributed by atoms with Crippen molar-refractivity contribution < 1.29 is 9.18 Å². The molecule has 4 nitrogen and oxygen atoms in total. The summed E-state index contributed by atoms with van der Waals surface area (Å²) in [5.74, 6) is -0.477. The van der Waals surface area contributed by atoms with E-state index in [1.165, 1.54) is 29.6 Å². The van der Waals surface area contributed by atoms with Crippen LogP contribution in [-0.4, -0.2) is 22.9 Å². The number of fused-ring (bicyclic) bond motifs is 1. The van der Waals surface area contributed by atoms with Crippen LogP contribution in [0.3, 0.4) is 0 Å². The number of hydrogen-bond acceptors (Lipinski definition) is 4. The van der Waals surface area contributed by atoms with Crippen LogP contribution in [0.15, 0.2) is 58.7 Å². The van der Waals surface area contributed by atoms with Crippen LogP contribution in [-0.2, 0) is 4.79 Å². The van der Waals surface area contributed by atoms with Gasteiger partial charge in [-0.25, -0.2) is 14.8 Å². The number of nitrogens with one attached hydrogen (secondary N) is 1. The predicted molar refractivity (Wildman–Crippen MR) is 104 cm³/mol. The van der Waals surface area contributed by atoms with Crippen LogP contribution < -0.4 is 5.43 Å². The van der Waals surface area contributed by atoms with Crippen LogP contribution in [0, 0.1) is 19.7 Å². The van der Waals surface area contributed by atoms with Gasteiger partial charge in [-0.15, -0.1) is 0 Å². The second-order valence-electron chi connectivity index (χ2n) is 5.90. The standard InChI is InChI=1S/C20H18FN3OS/c1-13-7-8-18-16(9-13)14(2)10-20(23-18)26-12-19(25)24-22-11-15-5-3-4-6-17(15)21/h3-11H,12H2,1-2H3,(H,24,25). The predicted octanol–water partition coefficient (Wildman–Crippen LogP) is 4.23. The average Bonchev–Trinajstić information content (AvgIpc) is 2.62. The Morgan fingerprint density at radius 1 is 1.23 bits per heavy atom. The average molecular weight is 367 g/mol. The van der Waals surface area contributed by atoms with Gasteiger partial charge in [0, 0.05) is 10.9 Å². The summed E-state index contributed by atoms with van der Waals surface area (Å²) < 4.78 is 13.5. The molecule has 0 saturated heterocycles. The highest BCUT2D eigenvalue weighted by Crippen LogP contribution is 2.24. The summed E-state index contributed by atoms with van der Waals surface area (Å²) in [5, 5.41) is 5.70. The molecule has 1 heterocycles. The molecule has 132 valence electrons. The van der Waals surface area contributed by atoms with E-state index in [0.717, 1.165) is 21.5 Å². The number of thioether (sulfide) groups is 1. The number of aryl methyl sites for hydroxylation is 2. The number of carbonyl (C=O) groups excluding carboxylic acids is 1. The highest BCUT2D eigenvalue weighted by atomic mass is 32.2. The zero-order valence-corrected chi connectivity index (χ0v) is 15.3. The zero-order chi connectivity index (χ0) is 18.5. The molecule has 0 radical (unpaired) electrons. The first-order valence-electron chi connectivity index (χ1n) is 8.10. The van der Waals surface area contributed by atoms with Crippen LogP contribution >= 0.6 is 11.8 Å². The van der Waals surface area contributed by atoms with Gasteiger partial charge in [0.2, 0.25) is 5.91 Å². The van der Waals surface area contributed by atoms with Crippen LogP contribution in [0.2, 0.25) is 0 Å². The molecule has 0 fully saturated rings. The Hall–Kier alpha value is -2.73. The van der Waals surface area contributed by atoms with Gasteiger partial charge in [0.15, 0.2) is 0 Å². The first-order chi connectivity index (χ1) is 12.5. The molecular formula is C20H18FN3OS. The molecule has 0 unspecified atom stereocenters. The number of amides is 1. The van der Waals surface area contributed by atoms with Crippen molar-refractivity contribution in [3.05, 3.63) is 71.0 Å². The van der Waals surface area contributed by atoms with E-state index >= 15 is 0 Å². The molecule has 0 spiro atoms. The van der Waals surface area contributed by atoms with Gasteiger partial charge in [0.25, 0.3) is 0 Å². The third kappa shape index (κ3) is 4.46. The highest BCUT2D eigenvalue weighted by molar-refractivity contribution is 7.99. The molecule has 0 aliphatic rings. The SMILES string of the molecule is Cc1ccc2nc(SCC(=O)NN=Cc3ccccc3F)cc(C)c2c1. The van der Waals surface area contributed by atoms with Crippen LogP contribution in [0.5, 0.6) is 0 Å². The molecule has 0 bridgehead atoms. The van der Waals surface area contributed by atoms with Gasteiger partial charge in [0.05, 0.1) is 22.5 Å². The second kappa shape index (κ2) is 8.10. The minimum absolute atomic E-state index is 0.179. The molecule has 0 aliphatic carbocycles. The molecule has 1 N–H and O–H groups in total. The lowest BCUT2D eigenvalue weighted by Gasteiger charge is -2.07. The first kappa shape index (κ1) is 18.1. The minimum Gasteiger partial charge on any atom is -0.272 e. The molecule has 0 saturated carbocycles. The lowest BCUT2D eigenvalue weighted by Crippen LogP contribution is -2.19. The van der Waals surface area contributed by atoms with Crippen molar-refractivity contribution in [3.8, 4) is 0 Å². The van der Waals surface area contributed by atoms with Crippen molar-refractivity contribution in [2.75, 3.05) is 5.75 Å². The molecule has 0 atom stereocenters. The van der Waals surface area contributed by atoms with Gasteiger partial charge in [-0.1, -0.05) is 41.6 Å². The Bertz CT molecular complexity index is 988. The van der Waals surface area contributed by atoms with Crippen molar-refractivity contribution in [2.45, 2.75) is 18.9 Å². The third-order valence-corrected chi connectivity index (χ3v) is 4.71. The maximum atomic E-state index is 13.5. The molecule has 2 aromatic carbocycles. The molecule has 0 aliphatic heterocycles. The Morgan fingerprint density at radius 3 is 2.85 bits per heavy atom. The van der Waals surface area contributed by atoms with E-state index in [4.69, 9.17) is 0 Å². The number of aromatic nitrogens is 1. The summed E-state index contributed by atoms with van der Waals surface area (Å²) in [6.07, 6.45) is 1.29. The monoisotopic (exact) mass is 367 g/mol. The highest BCUT2D eigenvalue weighted by Gasteiger charge is 2.07. The fraction of sp³-hybridized carbons (Fsp3) is 0.150. The van der Waals surface area contributed by atoms with Crippen LogP contribution in [0.4, 0.5) is 4.39 Å². The zero-order valence-electron chi connectivity index (χ0n) is 14.5. The van der Waals surface area contributed by atoms with E-state index in [9.17, 15) is 9.18 Å². The van der Waals surface area contributed by atoms with Crippen molar-refractivity contribution in [3.63, 3.8) is 0 Å². The number of carbonyl (C=O) groups is 1. The number of pyridine rings is 1. The number of nitrogens with zero attached hydrogens (tertiary/aromatic N) is 2. The maximum absolute atomic E-state index is 13.5. The van der Waals surface area contributed by atoms with Crippen molar-refractivity contribution in [1.82, 2.24) is 10.4 Å². The number of hydrazone groups is 1. The van der Waals surface area contributed by atoms with Gasteiger partial charge in [-0.3, -0.25) is 4.79 Å². The van der Waals surface area contributed by atoms with Gasteiger partial charge < -0.3 is 0 Å². The molecule has 3 aromatic rings. The summed E-state index contributed by atoms with van der Waals surface area (Å²) in [4.78, 5) is 16.5. The van der Waals surface area contributed by atoms with E-state index in [1.807, 2.05) is 32.0 Å². The van der Waals surface area contributed by atoms with Crippen LogP contribution in [0.1, 0.15) is 16.7 Å². The summed E-state index contributed by atoms with van der Waals surface area (Å²) in [6.45, 7) is 4.08. The first-order valence-corrected chi connectivity index (χ1v) is 9.09. The fourth-order valence-electron chi connectivity index (χ4n) is 2.48. The number of hydrogen-bond donors (Lipinski definition) is 1. The lowest BCUT2D eigenvalue weighted by atomic mass is 10.1. The molecule has 6 heteroatoms. The van der Waals surface area contributed by atoms with Gasteiger partial charge >= 0.3 is 0 Å². The Kier molecular flexibility index (Phi) is 5.63. The van der Waals surface area contributed by atoms with Crippen LogP contribution in [0.25, 0.3) is 10.9 Å². The summed E-state index contributed by atoms with van der Waals surface area (Å²) in [7, 11) is 0. The van der Waals surface area contributed by atoms with E-state index in [2.05, 4.69) is 21.6 Å².